The maximum absolute atomic E-state index is 9.04. The molecule has 1 aliphatic rings. The van der Waals surface area contributed by atoms with E-state index in [0.717, 1.165) is 6.54 Å². The number of hydrogen-bond donors (Lipinski definition) is 0. The zero-order valence-corrected chi connectivity index (χ0v) is 13.4. The van der Waals surface area contributed by atoms with E-state index in [4.69, 9.17) is 10.00 Å². The van der Waals surface area contributed by atoms with Crippen LogP contribution in [-0.4, -0.2) is 31.1 Å². The Labute approximate surface area is 128 Å². The lowest BCUT2D eigenvalue weighted by atomic mass is 9.75. The van der Waals surface area contributed by atoms with Crippen molar-refractivity contribution in [3.05, 3.63) is 29.8 Å². The highest BCUT2D eigenvalue weighted by atomic mass is 16.5. The first kappa shape index (κ1) is 15.9. The highest BCUT2D eigenvalue weighted by Gasteiger charge is 2.28. The van der Waals surface area contributed by atoms with E-state index in [-0.39, 0.29) is 0 Å². The summed E-state index contributed by atoms with van der Waals surface area (Å²) in [7, 11) is 2.18. The summed E-state index contributed by atoms with van der Waals surface area (Å²) in [6, 6.07) is 10.3. The van der Waals surface area contributed by atoms with E-state index in [0.29, 0.717) is 29.4 Å². The number of hydrogen-bond acceptors (Lipinski definition) is 3. The predicted molar refractivity (Wildman–Crippen MR) is 85.3 cm³/mol. The van der Waals surface area contributed by atoms with Crippen LogP contribution in [0.2, 0.25) is 0 Å². The van der Waals surface area contributed by atoms with E-state index in [1.54, 1.807) is 6.07 Å². The molecule has 1 fully saturated rings. The summed E-state index contributed by atoms with van der Waals surface area (Å²) in [5.41, 5.74) is 1.12. The molecule has 0 spiro atoms. The third kappa shape index (κ3) is 4.47. The normalized spacial score (nSPS) is 18.4. The van der Waals surface area contributed by atoms with Crippen LogP contribution in [0.25, 0.3) is 0 Å². The van der Waals surface area contributed by atoms with Gasteiger partial charge >= 0.3 is 0 Å². The molecule has 114 valence electrons. The Morgan fingerprint density at radius 3 is 2.62 bits per heavy atom. The summed E-state index contributed by atoms with van der Waals surface area (Å²) in [4.78, 5) is 2.41. The monoisotopic (exact) mass is 286 g/mol. The summed E-state index contributed by atoms with van der Waals surface area (Å²) in [6.07, 6.45) is 5.16. The van der Waals surface area contributed by atoms with Gasteiger partial charge in [0.2, 0.25) is 0 Å². The van der Waals surface area contributed by atoms with Crippen molar-refractivity contribution in [3.8, 4) is 11.8 Å². The standard InChI is InChI=1S/C18H26N2O/c1-18(2)10-8-16(9-11-18)20(3)12-13-21-17-7-5-4-6-15(17)14-19/h4-7,16H,8-13H2,1-3H3. The molecule has 2 rings (SSSR count). The lowest BCUT2D eigenvalue weighted by Gasteiger charge is -2.38. The van der Waals surface area contributed by atoms with Crippen LogP contribution in [-0.2, 0) is 0 Å². The van der Waals surface area contributed by atoms with Crippen molar-refractivity contribution in [1.82, 2.24) is 4.90 Å². The van der Waals surface area contributed by atoms with Gasteiger partial charge in [-0.2, -0.15) is 5.26 Å². The van der Waals surface area contributed by atoms with E-state index in [1.807, 2.05) is 18.2 Å². The summed E-state index contributed by atoms with van der Waals surface area (Å²) in [5.74, 6) is 0.693. The second kappa shape index (κ2) is 6.95. The molecule has 21 heavy (non-hydrogen) atoms. The Morgan fingerprint density at radius 1 is 1.29 bits per heavy atom. The third-order valence-corrected chi connectivity index (χ3v) is 4.64. The number of para-hydroxylation sites is 1. The minimum absolute atomic E-state index is 0.513. The number of nitriles is 1. The Kier molecular flexibility index (Phi) is 5.25. The highest BCUT2D eigenvalue weighted by Crippen LogP contribution is 2.36. The van der Waals surface area contributed by atoms with Crippen molar-refractivity contribution in [2.45, 2.75) is 45.6 Å². The van der Waals surface area contributed by atoms with Crippen LogP contribution < -0.4 is 4.74 Å². The smallest absolute Gasteiger partial charge is 0.137 e. The fraction of sp³-hybridized carbons (Fsp3) is 0.611. The van der Waals surface area contributed by atoms with Crippen molar-refractivity contribution >= 4 is 0 Å². The number of likely N-dealkylation sites (N-methyl/N-ethyl adjacent to an activating group) is 1. The van der Waals surface area contributed by atoms with Gasteiger partial charge in [-0.3, -0.25) is 0 Å². The minimum Gasteiger partial charge on any atom is -0.491 e. The molecule has 0 aliphatic heterocycles. The third-order valence-electron chi connectivity index (χ3n) is 4.64. The minimum atomic E-state index is 0.513. The Morgan fingerprint density at radius 2 is 1.95 bits per heavy atom. The molecule has 0 unspecified atom stereocenters. The van der Waals surface area contributed by atoms with Gasteiger partial charge in [0.05, 0.1) is 5.56 Å². The van der Waals surface area contributed by atoms with Crippen molar-refractivity contribution in [3.63, 3.8) is 0 Å². The number of rotatable bonds is 5. The zero-order chi connectivity index (χ0) is 15.3. The summed E-state index contributed by atoms with van der Waals surface area (Å²) in [6.45, 7) is 6.27. The molecule has 0 aromatic heterocycles. The van der Waals surface area contributed by atoms with Gasteiger partial charge in [0.1, 0.15) is 18.4 Å². The Bertz CT molecular complexity index is 494. The van der Waals surface area contributed by atoms with E-state index in [2.05, 4.69) is 31.9 Å². The summed E-state index contributed by atoms with van der Waals surface area (Å²) >= 11 is 0. The molecule has 0 N–H and O–H groups in total. The molecule has 0 radical (unpaired) electrons. The van der Waals surface area contributed by atoms with Crippen molar-refractivity contribution in [2.75, 3.05) is 20.2 Å². The molecule has 3 nitrogen and oxygen atoms in total. The summed E-state index contributed by atoms with van der Waals surface area (Å²) < 4.78 is 5.77. The second-order valence-electron chi connectivity index (χ2n) is 6.83. The van der Waals surface area contributed by atoms with Crippen molar-refractivity contribution in [1.29, 1.82) is 5.26 Å². The predicted octanol–water partition coefficient (Wildman–Crippen LogP) is 3.84. The molecule has 1 aliphatic carbocycles. The van der Waals surface area contributed by atoms with Crippen molar-refractivity contribution < 1.29 is 4.74 Å². The Hall–Kier alpha value is -1.53. The lowest BCUT2D eigenvalue weighted by Crippen LogP contribution is -2.39. The molecule has 0 amide bonds. The maximum Gasteiger partial charge on any atom is 0.137 e. The molecule has 0 atom stereocenters. The van der Waals surface area contributed by atoms with Gasteiger partial charge in [-0.1, -0.05) is 26.0 Å². The first-order valence-corrected chi connectivity index (χ1v) is 7.84. The molecule has 0 heterocycles. The van der Waals surface area contributed by atoms with Gasteiger partial charge < -0.3 is 9.64 Å². The first-order valence-electron chi connectivity index (χ1n) is 7.84. The van der Waals surface area contributed by atoms with Crippen LogP contribution in [0.4, 0.5) is 0 Å². The summed E-state index contributed by atoms with van der Waals surface area (Å²) in [5, 5.41) is 9.04. The van der Waals surface area contributed by atoms with E-state index in [9.17, 15) is 0 Å². The van der Waals surface area contributed by atoms with Crippen LogP contribution in [0.3, 0.4) is 0 Å². The highest BCUT2D eigenvalue weighted by molar-refractivity contribution is 5.42. The largest absolute Gasteiger partial charge is 0.491 e. The fourth-order valence-electron chi connectivity index (χ4n) is 2.99. The molecule has 0 bridgehead atoms. The van der Waals surface area contributed by atoms with E-state index in [1.165, 1.54) is 25.7 Å². The molecule has 3 heteroatoms. The van der Waals surface area contributed by atoms with Gasteiger partial charge in [-0.15, -0.1) is 0 Å². The molecule has 1 aromatic carbocycles. The number of ether oxygens (including phenoxy) is 1. The van der Waals surface area contributed by atoms with Crippen LogP contribution >= 0.6 is 0 Å². The fourth-order valence-corrected chi connectivity index (χ4v) is 2.99. The molecule has 1 aromatic rings. The topological polar surface area (TPSA) is 36.3 Å². The van der Waals surface area contributed by atoms with Gasteiger partial charge in [0, 0.05) is 12.6 Å². The lowest BCUT2D eigenvalue weighted by molar-refractivity contribution is 0.114. The second-order valence-corrected chi connectivity index (χ2v) is 6.83. The molecule has 0 saturated heterocycles. The van der Waals surface area contributed by atoms with Crippen LogP contribution in [0, 0.1) is 16.7 Å². The van der Waals surface area contributed by atoms with Crippen LogP contribution in [0.1, 0.15) is 45.1 Å². The van der Waals surface area contributed by atoms with Crippen molar-refractivity contribution in [2.24, 2.45) is 5.41 Å². The van der Waals surface area contributed by atoms with Gasteiger partial charge in [0.25, 0.3) is 0 Å². The SMILES string of the molecule is CN(CCOc1ccccc1C#N)C1CCC(C)(C)CC1. The average molecular weight is 286 g/mol. The van der Waals surface area contributed by atoms with Crippen LogP contribution in [0.15, 0.2) is 24.3 Å². The molecular formula is C18H26N2O. The number of nitrogens with zero attached hydrogens (tertiary/aromatic N) is 2. The van der Waals surface area contributed by atoms with Crippen LogP contribution in [0.5, 0.6) is 5.75 Å². The Balaban J connectivity index is 1.77. The number of benzene rings is 1. The first-order chi connectivity index (χ1) is 10.0. The molecular weight excluding hydrogens is 260 g/mol. The van der Waals surface area contributed by atoms with Gasteiger partial charge in [-0.25, -0.2) is 0 Å². The van der Waals surface area contributed by atoms with E-state index < -0.39 is 0 Å². The quantitative estimate of drug-likeness (QED) is 0.825. The maximum atomic E-state index is 9.04. The van der Waals surface area contributed by atoms with Gasteiger partial charge in [-0.05, 0) is 50.3 Å². The zero-order valence-electron chi connectivity index (χ0n) is 13.4. The van der Waals surface area contributed by atoms with E-state index >= 15 is 0 Å². The van der Waals surface area contributed by atoms with Gasteiger partial charge in [0.15, 0.2) is 0 Å². The molecule has 1 saturated carbocycles. The average Bonchev–Trinajstić information content (AvgIpc) is 2.47.